The predicted molar refractivity (Wildman–Crippen MR) is 78.7 cm³/mol. The van der Waals surface area contributed by atoms with Gasteiger partial charge in [0.2, 0.25) is 5.91 Å². The van der Waals surface area contributed by atoms with Gasteiger partial charge in [0.05, 0.1) is 0 Å². The summed E-state index contributed by atoms with van der Waals surface area (Å²) in [5.41, 5.74) is 0. The van der Waals surface area contributed by atoms with Crippen molar-refractivity contribution in [2.75, 3.05) is 33.0 Å². The summed E-state index contributed by atoms with van der Waals surface area (Å²) in [6.07, 6.45) is 4.41. The van der Waals surface area contributed by atoms with Gasteiger partial charge in [-0.1, -0.05) is 0 Å². The Morgan fingerprint density at radius 2 is 1.55 bits per heavy atom. The van der Waals surface area contributed by atoms with Crippen LogP contribution < -0.4 is 5.32 Å². The molecule has 118 valence electrons. The van der Waals surface area contributed by atoms with Crippen molar-refractivity contribution in [3.05, 3.63) is 0 Å². The number of ketones is 1. The second-order valence-electron chi connectivity index (χ2n) is 4.78. The molecule has 0 saturated carbocycles. The SMILES string of the molecule is CCOCCCCOCCCNC(=O)CCCC(C)=O. The van der Waals surface area contributed by atoms with Gasteiger partial charge in [0.1, 0.15) is 5.78 Å². The van der Waals surface area contributed by atoms with E-state index in [9.17, 15) is 9.59 Å². The monoisotopic (exact) mass is 287 g/mol. The average molecular weight is 287 g/mol. The van der Waals surface area contributed by atoms with Crippen LogP contribution in [0.15, 0.2) is 0 Å². The van der Waals surface area contributed by atoms with E-state index >= 15 is 0 Å². The number of Topliss-reactive ketones (excluding diaryl/α,β-unsaturated/α-hetero) is 1. The maximum absolute atomic E-state index is 11.4. The molecule has 5 nitrogen and oxygen atoms in total. The fourth-order valence-electron chi connectivity index (χ4n) is 1.64. The van der Waals surface area contributed by atoms with Crippen molar-refractivity contribution in [2.45, 2.75) is 52.4 Å². The molecular formula is C15H29NO4. The van der Waals surface area contributed by atoms with Gasteiger partial charge in [0, 0.05) is 45.8 Å². The van der Waals surface area contributed by atoms with Crippen molar-refractivity contribution in [1.82, 2.24) is 5.32 Å². The first-order valence-corrected chi connectivity index (χ1v) is 7.58. The Morgan fingerprint density at radius 3 is 2.20 bits per heavy atom. The average Bonchev–Trinajstić information content (AvgIpc) is 2.40. The third-order valence-corrected chi connectivity index (χ3v) is 2.75. The van der Waals surface area contributed by atoms with Crippen LogP contribution in [0.2, 0.25) is 0 Å². The zero-order valence-electron chi connectivity index (χ0n) is 12.9. The molecule has 0 unspecified atom stereocenters. The highest BCUT2D eigenvalue weighted by molar-refractivity contribution is 5.78. The van der Waals surface area contributed by atoms with Crippen LogP contribution in [0.3, 0.4) is 0 Å². The molecule has 0 radical (unpaired) electrons. The van der Waals surface area contributed by atoms with E-state index in [1.807, 2.05) is 6.92 Å². The van der Waals surface area contributed by atoms with Gasteiger partial charge in [0.15, 0.2) is 0 Å². The van der Waals surface area contributed by atoms with Gasteiger partial charge in [-0.05, 0) is 39.5 Å². The van der Waals surface area contributed by atoms with Gasteiger partial charge in [-0.2, -0.15) is 0 Å². The fourth-order valence-corrected chi connectivity index (χ4v) is 1.64. The minimum Gasteiger partial charge on any atom is -0.382 e. The van der Waals surface area contributed by atoms with Crippen LogP contribution in [0.4, 0.5) is 0 Å². The minimum absolute atomic E-state index is 0.0166. The Hall–Kier alpha value is -0.940. The molecule has 0 aromatic rings. The number of nitrogens with one attached hydrogen (secondary N) is 1. The first-order valence-electron chi connectivity index (χ1n) is 7.58. The van der Waals surface area contributed by atoms with Crippen LogP contribution in [0.5, 0.6) is 0 Å². The van der Waals surface area contributed by atoms with Crippen molar-refractivity contribution in [3.8, 4) is 0 Å². The van der Waals surface area contributed by atoms with Gasteiger partial charge in [0.25, 0.3) is 0 Å². The molecule has 0 aromatic carbocycles. The standard InChI is InChI=1S/C15H29NO4/c1-3-19-11-4-5-12-20-13-7-10-16-15(18)9-6-8-14(2)17/h3-13H2,1-2H3,(H,16,18). The third kappa shape index (κ3) is 15.1. The van der Waals surface area contributed by atoms with E-state index < -0.39 is 0 Å². The van der Waals surface area contributed by atoms with Crippen molar-refractivity contribution in [3.63, 3.8) is 0 Å². The van der Waals surface area contributed by atoms with Crippen LogP contribution in [-0.2, 0) is 19.1 Å². The smallest absolute Gasteiger partial charge is 0.220 e. The molecule has 5 heteroatoms. The van der Waals surface area contributed by atoms with E-state index in [2.05, 4.69) is 5.32 Å². The Labute approximate surface area is 122 Å². The van der Waals surface area contributed by atoms with Gasteiger partial charge in [-0.3, -0.25) is 4.79 Å². The van der Waals surface area contributed by atoms with Crippen LogP contribution in [0.25, 0.3) is 0 Å². The van der Waals surface area contributed by atoms with E-state index in [0.29, 0.717) is 32.4 Å². The third-order valence-electron chi connectivity index (χ3n) is 2.75. The molecule has 0 spiro atoms. The molecular weight excluding hydrogens is 258 g/mol. The van der Waals surface area contributed by atoms with E-state index in [-0.39, 0.29) is 11.7 Å². The van der Waals surface area contributed by atoms with Crippen molar-refractivity contribution >= 4 is 11.7 Å². The minimum atomic E-state index is 0.0166. The molecule has 1 amide bonds. The number of carbonyl (C=O) groups is 2. The summed E-state index contributed by atoms with van der Waals surface area (Å²) in [7, 11) is 0. The van der Waals surface area contributed by atoms with Gasteiger partial charge in [-0.15, -0.1) is 0 Å². The highest BCUT2D eigenvalue weighted by Crippen LogP contribution is 1.96. The molecule has 0 heterocycles. The van der Waals surface area contributed by atoms with Crippen molar-refractivity contribution in [1.29, 1.82) is 0 Å². The van der Waals surface area contributed by atoms with Crippen molar-refractivity contribution < 1.29 is 19.1 Å². The molecule has 0 aliphatic rings. The summed E-state index contributed by atoms with van der Waals surface area (Å²) >= 11 is 0. The first kappa shape index (κ1) is 19.1. The lowest BCUT2D eigenvalue weighted by Crippen LogP contribution is -2.25. The van der Waals surface area contributed by atoms with E-state index in [0.717, 1.165) is 39.1 Å². The number of amides is 1. The normalized spacial score (nSPS) is 10.5. The van der Waals surface area contributed by atoms with Gasteiger partial charge >= 0.3 is 0 Å². The number of carbonyl (C=O) groups excluding carboxylic acids is 2. The number of ether oxygens (including phenoxy) is 2. The summed E-state index contributed by atoms with van der Waals surface area (Å²) in [5, 5.41) is 2.82. The summed E-state index contributed by atoms with van der Waals surface area (Å²) in [5.74, 6) is 0.151. The Morgan fingerprint density at radius 1 is 0.900 bits per heavy atom. The lowest BCUT2D eigenvalue weighted by molar-refractivity contribution is -0.121. The maximum atomic E-state index is 11.4. The van der Waals surface area contributed by atoms with Crippen LogP contribution >= 0.6 is 0 Å². The van der Waals surface area contributed by atoms with Gasteiger partial charge < -0.3 is 19.6 Å². The number of hydrogen-bond donors (Lipinski definition) is 1. The Balaban J connectivity index is 3.15. The largest absolute Gasteiger partial charge is 0.382 e. The highest BCUT2D eigenvalue weighted by atomic mass is 16.5. The molecule has 0 fully saturated rings. The first-order chi connectivity index (χ1) is 9.66. The summed E-state index contributed by atoms with van der Waals surface area (Å²) in [6.45, 7) is 7.16. The van der Waals surface area contributed by atoms with Gasteiger partial charge in [-0.25, -0.2) is 0 Å². The molecule has 20 heavy (non-hydrogen) atoms. The van der Waals surface area contributed by atoms with Crippen LogP contribution in [0, 0.1) is 0 Å². The second-order valence-corrected chi connectivity index (χ2v) is 4.78. The molecule has 0 rings (SSSR count). The molecule has 0 saturated heterocycles. The maximum Gasteiger partial charge on any atom is 0.220 e. The number of hydrogen-bond acceptors (Lipinski definition) is 4. The number of rotatable bonds is 14. The molecule has 0 bridgehead atoms. The fraction of sp³-hybridized carbons (Fsp3) is 0.867. The quantitative estimate of drug-likeness (QED) is 0.497. The van der Waals surface area contributed by atoms with Crippen LogP contribution in [-0.4, -0.2) is 44.7 Å². The second kappa shape index (κ2) is 14.5. The van der Waals surface area contributed by atoms with Crippen molar-refractivity contribution in [2.24, 2.45) is 0 Å². The van der Waals surface area contributed by atoms with Crippen LogP contribution in [0.1, 0.15) is 52.4 Å². The Bertz CT molecular complexity index is 256. The topological polar surface area (TPSA) is 64.6 Å². The molecule has 0 aromatic heterocycles. The molecule has 0 aliphatic heterocycles. The Kier molecular flexibility index (Phi) is 13.8. The summed E-state index contributed by atoms with van der Waals surface area (Å²) in [6, 6.07) is 0. The molecule has 0 atom stereocenters. The lowest BCUT2D eigenvalue weighted by atomic mass is 10.2. The van der Waals surface area contributed by atoms with E-state index in [1.165, 1.54) is 0 Å². The van der Waals surface area contributed by atoms with E-state index in [4.69, 9.17) is 9.47 Å². The zero-order valence-corrected chi connectivity index (χ0v) is 12.9. The summed E-state index contributed by atoms with van der Waals surface area (Å²) < 4.78 is 10.7. The highest BCUT2D eigenvalue weighted by Gasteiger charge is 2.01. The lowest BCUT2D eigenvalue weighted by Gasteiger charge is -2.06. The molecule has 0 aliphatic carbocycles. The molecule has 1 N–H and O–H groups in total. The van der Waals surface area contributed by atoms with E-state index in [1.54, 1.807) is 6.92 Å². The summed E-state index contributed by atoms with van der Waals surface area (Å²) in [4.78, 5) is 22.1. The zero-order chi connectivity index (χ0) is 15.1. The number of unbranched alkanes of at least 4 members (excludes halogenated alkanes) is 1. The predicted octanol–water partition coefficient (Wildman–Crippen LogP) is 2.09.